The van der Waals surface area contributed by atoms with Crippen LogP contribution in [0.15, 0.2) is 57.4 Å². The molecule has 0 aliphatic carbocycles. The molecule has 1 N–H and O–H groups in total. The topological polar surface area (TPSA) is 140 Å². The van der Waals surface area contributed by atoms with Gasteiger partial charge < -0.3 is 18.8 Å². The summed E-state index contributed by atoms with van der Waals surface area (Å²) in [5, 5.41) is 19.7. The van der Waals surface area contributed by atoms with Crippen LogP contribution in [0.2, 0.25) is 0 Å². The van der Waals surface area contributed by atoms with E-state index in [0.717, 1.165) is 56.9 Å². The van der Waals surface area contributed by atoms with Crippen LogP contribution in [0.4, 0.5) is 0 Å². The molecule has 1 atom stereocenters. The summed E-state index contributed by atoms with van der Waals surface area (Å²) in [6.07, 6.45) is 0.583. The highest BCUT2D eigenvalue weighted by Crippen LogP contribution is 2.39. The summed E-state index contributed by atoms with van der Waals surface area (Å²) in [6, 6.07) is 18.1. The minimum atomic E-state index is -0.786. The highest BCUT2D eigenvalue weighted by molar-refractivity contribution is 5.85. The van der Waals surface area contributed by atoms with Gasteiger partial charge in [0.2, 0.25) is 17.7 Å². The maximum atomic E-state index is 12.7. The first-order valence-corrected chi connectivity index (χ1v) is 16.9. The van der Waals surface area contributed by atoms with Gasteiger partial charge >= 0.3 is 5.97 Å². The smallest absolute Gasteiger partial charge is 0.310 e. The van der Waals surface area contributed by atoms with E-state index in [9.17, 15) is 20.0 Å². The molecule has 1 saturated heterocycles. The molecular formula is C39H40N6O5. The van der Waals surface area contributed by atoms with E-state index in [1.807, 2.05) is 62.2 Å². The van der Waals surface area contributed by atoms with Crippen LogP contribution in [0.5, 0.6) is 0 Å². The standard InChI is InChI=1S/C39H40N6O5/c1-6-43(5)21-34(46)45-19-32-33(20-45)49-36(42-32)29-11-7-9-27(23(29)2)28-10-8-12-30(24(28)3)37-41-31-16-25(15-26(17-40)35(31)50-37)18-44-14-13-39(4,22-44)38(47)48/h7-12,15-16H,6,13-14,18-22H2,1-5H3,(H,47,48). The maximum absolute atomic E-state index is 12.7. The average molecular weight is 673 g/mol. The summed E-state index contributed by atoms with van der Waals surface area (Å²) in [5.74, 6) is 0.973. The number of likely N-dealkylation sites (N-methyl/N-ethyl adjacent to an activating group) is 1. The number of carboxylic acid groups (broad SMARTS) is 1. The molecule has 0 saturated carbocycles. The molecule has 1 unspecified atom stereocenters. The van der Waals surface area contributed by atoms with Gasteiger partial charge in [-0.2, -0.15) is 5.26 Å². The van der Waals surface area contributed by atoms with Crippen molar-refractivity contribution in [3.05, 3.63) is 82.2 Å². The zero-order chi connectivity index (χ0) is 35.3. The van der Waals surface area contributed by atoms with E-state index in [4.69, 9.17) is 18.8 Å². The predicted molar refractivity (Wildman–Crippen MR) is 188 cm³/mol. The second kappa shape index (κ2) is 12.9. The summed E-state index contributed by atoms with van der Waals surface area (Å²) >= 11 is 0. The second-order valence-corrected chi connectivity index (χ2v) is 13.9. The first-order valence-electron chi connectivity index (χ1n) is 16.9. The van der Waals surface area contributed by atoms with E-state index in [-0.39, 0.29) is 5.91 Å². The number of aliphatic carboxylic acids is 1. The number of hydrogen-bond donors (Lipinski definition) is 1. The van der Waals surface area contributed by atoms with Crippen molar-refractivity contribution >= 4 is 23.0 Å². The highest BCUT2D eigenvalue weighted by Gasteiger charge is 2.40. The highest BCUT2D eigenvalue weighted by atomic mass is 16.4. The number of carboxylic acids is 1. The van der Waals surface area contributed by atoms with Gasteiger partial charge in [-0.25, -0.2) is 9.97 Å². The van der Waals surface area contributed by atoms with Gasteiger partial charge in [-0.05, 0) is 99.4 Å². The number of nitriles is 1. The number of hydrogen-bond acceptors (Lipinski definition) is 9. The molecule has 1 fully saturated rings. The molecule has 0 bridgehead atoms. The Morgan fingerprint density at radius 1 is 1.00 bits per heavy atom. The number of benzene rings is 3. The summed E-state index contributed by atoms with van der Waals surface area (Å²) in [7, 11) is 1.93. The van der Waals surface area contributed by atoms with E-state index < -0.39 is 11.4 Å². The molecule has 50 heavy (non-hydrogen) atoms. The lowest BCUT2D eigenvalue weighted by atomic mass is 9.90. The van der Waals surface area contributed by atoms with Crippen molar-refractivity contribution < 1.29 is 23.5 Å². The summed E-state index contributed by atoms with van der Waals surface area (Å²) in [4.78, 5) is 40.0. The van der Waals surface area contributed by atoms with Gasteiger partial charge in [0.1, 0.15) is 23.0 Å². The first kappa shape index (κ1) is 33.2. The average Bonchev–Trinajstić information content (AvgIpc) is 3.88. The van der Waals surface area contributed by atoms with E-state index >= 15 is 0 Å². The summed E-state index contributed by atoms with van der Waals surface area (Å²) < 4.78 is 12.5. The monoisotopic (exact) mass is 672 g/mol. The number of carbonyl (C=O) groups excluding carboxylic acids is 1. The molecule has 2 aliphatic rings. The van der Waals surface area contributed by atoms with Gasteiger partial charge in [-0.15, -0.1) is 0 Å². The fraction of sp³-hybridized carbons (Fsp3) is 0.359. The SMILES string of the molecule is CCN(C)CC(=O)N1Cc2nc(-c3cccc(-c4cccc(-c5nc6cc(CN7CCC(C)(C(=O)O)C7)cc(C#N)c6o5)c4C)c3C)oc2C1. The zero-order valence-electron chi connectivity index (χ0n) is 29.0. The lowest BCUT2D eigenvalue weighted by Gasteiger charge is -2.20. The molecule has 2 aromatic heterocycles. The van der Waals surface area contributed by atoms with Crippen molar-refractivity contribution in [3.8, 4) is 40.1 Å². The number of amides is 1. The van der Waals surface area contributed by atoms with E-state index in [0.29, 0.717) is 74.1 Å². The van der Waals surface area contributed by atoms with Gasteiger partial charge in [-0.1, -0.05) is 31.2 Å². The fourth-order valence-corrected chi connectivity index (χ4v) is 7.10. The number of rotatable bonds is 9. The molecule has 1 amide bonds. The maximum Gasteiger partial charge on any atom is 0.310 e. The van der Waals surface area contributed by atoms with E-state index in [1.165, 1.54) is 0 Å². The number of oxazole rings is 2. The third kappa shape index (κ3) is 5.95. The van der Waals surface area contributed by atoms with Crippen LogP contribution in [-0.4, -0.2) is 74.9 Å². The number of fused-ring (bicyclic) bond motifs is 2. The van der Waals surface area contributed by atoms with Crippen LogP contribution in [0.1, 0.15) is 54.0 Å². The van der Waals surface area contributed by atoms with Crippen molar-refractivity contribution in [1.29, 1.82) is 5.26 Å². The van der Waals surface area contributed by atoms with Gasteiger partial charge in [0.25, 0.3) is 0 Å². The fourth-order valence-electron chi connectivity index (χ4n) is 7.10. The van der Waals surface area contributed by atoms with Crippen molar-refractivity contribution in [2.45, 2.75) is 53.8 Å². The van der Waals surface area contributed by atoms with Crippen LogP contribution in [0, 0.1) is 30.6 Å². The molecule has 0 radical (unpaired) electrons. The molecule has 4 heterocycles. The third-order valence-electron chi connectivity index (χ3n) is 10.3. The quantitative estimate of drug-likeness (QED) is 0.187. The Morgan fingerprint density at radius 3 is 2.26 bits per heavy atom. The van der Waals surface area contributed by atoms with Gasteiger partial charge in [0.15, 0.2) is 5.58 Å². The summed E-state index contributed by atoms with van der Waals surface area (Å²) in [6.45, 7) is 11.6. The molecular weight excluding hydrogens is 632 g/mol. The van der Waals surface area contributed by atoms with Crippen molar-refractivity contribution in [2.75, 3.05) is 33.2 Å². The minimum Gasteiger partial charge on any atom is -0.481 e. The summed E-state index contributed by atoms with van der Waals surface area (Å²) in [5.41, 5.74) is 8.07. The van der Waals surface area contributed by atoms with Crippen LogP contribution >= 0.6 is 0 Å². The van der Waals surface area contributed by atoms with Crippen LogP contribution < -0.4 is 0 Å². The normalized spacial score (nSPS) is 17.5. The van der Waals surface area contributed by atoms with E-state index in [2.05, 4.69) is 30.0 Å². The zero-order valence-corrected chi connectivity index (χ0v) is 29.0. The minimum absolute atomic E-state index is 0.0630. The number of carbonyl (C=O) groups is 2. The lowest BCUT2D eigenvalue weighted by molar-refractivity contribution is -0.147. The number of nitrogens with zero attached hydrogens (tertiary/aromatic N) is 6. The van der Waals surface area contributed by atoms with Crippen molar-refractivity contribution in [1.82, 2.24) is 24.7 Å². The number of likely N-dealkylation sites (tertiary alicyclic amines) is 1. The van der Waals surface area contributed by atoms with Crippen LogP contribution in [0.25, 0.3) is 45.1 Å². The molecule has 11 nitrogen and oxygen atoms in total. The van der Waals surface area contributed by atoms with Gasteiger partial charge in [-0.3, -0.25) is 19.4 Å². The molecule has 256 valence electrons. The van der Waals surface area contributed by atoms with Crippen LogP contribution in [0.3, 0.4) is 0 Å². The predicted octanol–water partition coefficient (Wildman–Crippen LogP) is 6.40. The number of aromatic nitrogens is 2. The molecule has 3 aromatic carbocycles. The first-order chi connectivity index (χ1) is 24.0. The van der Waals surface area contributed by atoms with Crippen LogP contribution in [-0.2, 0) is 29.2 Å². The molecule has 5 aromatic rings. The Hall–Kier alpha value is -5.31. The lowest BCUT2D eigenvalue weighted by Crippen LogP contribution is -2.35. The molecule has 2 aliphatic heterocycles. The second-order valence-electron chi connectivity index (χ2n) is 13.9. The molecule has 11 heteroatoms. The Labute approximate surface area is 290 Å². The molecule has 7 rings (SSSR count). The van der Waals surface area contributed by atoms with Crippen molar-refractivity contribution in [2.24, 2.45) is 5.41 Å². The Kier molecular flexibility index (Phi) is 8.54. The van der Waals surface area contributed by atoms with E-state index in [1.54, 1.807) is 11.8 Å². The van der Waals surface area contributed by atoms with Gasteiger partial charge in [0, 0.05) is 24.2 Å². The largest absolute Gasteiger partial charge is 0.481 e. The van der Waals surface area contributed by atoms with Gasteiger partial charge in [0.05, 0.1) is 30.6 Å². The Bertz CT molecular complexity index is 2170. The molecule has 0 spiro atoms. The Balaban J connectivity index is 1.16. The third-order valence-corrected chi connectivity index (χ3v) is 10.3. The Morgan fingerprint density at radius 2 is 1.66 bits per heavy atom. The van der Waals surface area contributed by atoms with Crippen molar-refractivity contribution in [3.63, 3.8) is 0 Å².